The Hall–Kier alpha value is -1.81. The van der Waals surface area contributed by atoms with Crippen molar-refractivity contribution in [3.63, 3.8) is 0 Å². The SMILES string of the molecule is CCNCc1c(C)cc(C)nc1N(C)Cc1ccoc1. The second-order valence-electron chi connectivity index (χ2n) is 5.15. The molecule has 0 aliphatic rings. The number of hydrogen-bond donors (Lipinski definition) is 1. The predicted molar refractivity (Wildman–Crippen MR) is 81.9 cm³/mol. The highest BCUT2D eigenvalue weighted by molar-refractivity contribution is 5.51. The van der Waals surface area contributed by atoms with Gasteiger partial charge in [-0.15, -0.1) is 0 Å². The van der Waals surface area contributed by atoms with Crippen molar-refractivity contribution in [2.24, 2.45) is 0 Å². The Morgan fingerprint density at radius 2 is 2.15 bits per heavy atom. The molecule has 2 aromatic rings. The maximum atomic E-state index is 5.13. The van der Waals surface area contributed by atoms with Crippen LogP contribution < -0.4 is 10.2 Å². The molecule has 2 rings (SSSR count). The van der Waals surface area contributed by atoms with Gasteiger partial charge in [0.1, 0.15) is 5.82 Å². The van der Waals surface area contributed by atoms with Gasteiger partial charge in [-0.25, -0.2) is 4.98 Å². The number of hydrogen-bond acceptors (Lipinski definition) is 4. The Bertz CT molecular complexity index is 549. The quantitative estimate of drug-likeness (QED) is 0.878. The van der Waals surface area contributed by atoms with Gasteiger partial charge in [0, 0.05) is 37.0 Å². The molecule has 4 heteroatoms. The van der Waals surface area contributed by atoms with Gasteiger partial charge >= 0.3 is 0 Å². The van der Waals surface area contributed by atoms with Crippen LogP contribution in [-0.2, 0) is 13.1 Å². The van der Waals surface area contributed by atoms with E-state index in [0.29, 0.717) is 0 Å². The van der Waals surface area contributed by atoms with E-state index in [1.807, 2.05) is 13.0 Å². The van der Waals surface area contributed by atoms with E-state index in [4.69, 9.17) is 9.40 Å². The first kappa shape index (κ1) is 14.6. The van der Waals surface area contributed by atoms with E-state index in [1.54, 1.807) is 12.5 Å². The molecule has 0 atom stereocenters. The third-order valence-electron chi connectivity index (χ3n) is 3.37. The molecule has 0 aromatic carbocycles. The Balaban J connectivity index is 2.27. The van der Waals surface area contributed by atoms with Crippen LogP contribution in [0.4, 0.5) is 5.82 Å². The van der Waals surface area contributed by atoms with Gasteiger partial charge in [-0.2, -0.15) is 0 Å². The zero-order chi connectivity index (χ0) is 14.5. The van der Waals surface area contributed by atoms with Gasteiger partial charge < -0.3 is 14.6 Å². The zero-order valence-corrected chi connectivity index (χ0v) is 12.7. The largest absolute Gasteiger partial charge is 0.472 e. The maximum Gasteiger partial charge on any atom is 0.133 e. The van der Waals surface area contributed by atoms with E-state index in [2.05, 4.69) is 37.2 Å². The van der Waals surface area contributed by atoms with E-state index in [1.165, 1.54) is 11.1 Å². The number of nitrogens with one attached hydrogen (secondary N) is 1. The molecular formula is C16H23N3O. The first-order valence-electron chi connectivity index (χ1n) is 7.02. The second-order valence-corrected chi connectivity index (χ2v) is 5.15. The molecular weight excluding hydrogens is 250 g/mol. The monoisotopic (exact) mass is 273 g/mol. The van der Waals surface area contributed by atoms with Gasteiger partial charge in [-0.1, -0.05) is 6.92 Å². The van der Waals surface area contributed by atoms with Crippen molar-refractivity contribution in [3.8, 4) is 0 Å². The molecule has 4 nitrogen and oxygen atoms in total. The van der Waals surface area contributed by atoms with Crippen molar-refractivity contribution in [2.75, 3.05) is 18.5 Å². The summed E-state index contributed by atoms with van der Waals surface area (Å²) in [5.74, 6) is 1.05. The first-order valence-corrected chi connectivity index (χ1v) is 7.02. The van der Waals surface area contributed by atoms with Crippen molar-refractivity contribution in [2.45, 2.75) is 33.9 Å². The lowest BCUT2D eigenvalue weighted by atomic mass is 10.1. The lowest BCUT2D eigenvalue weighted by Gasteiger charge is -2.23. The van der Waals surface area contributed by atoms with Crippen LogP contribution in [0.3, 0.4) is 0 Å². The fraction of sp³-hybridized carbons (Fsp3) is 0.438. The second kappa shape index (κ2) is 6.57. The normalized spacial score (nSPS) is 10.8. The van der Waals surface area contributed by atoms with E-state index >= 15 is 0 Å². The van der Waals surface area contributed by atoms with Crippen molar-refractivity contribution < 1.29 is 4.42 Å². The lowest BCUT2D eigenvalue weighted by Crippen LogP contribution is -2.23. The highest BCUT2D eigenvalue weighted by Crippen LogP contribution is 2.23. The molecule has 0 saturated carbocycles. The third kappa shape index (κ3) is 3.39. The topological polar surface area (TPSA) is 41.3 Å². The van der Waals surface area contributed by atoms with Crippen molar-refractivity contribution in [1.29, 1.82) is 0 Å². The lowest BCUT2D eigenvalue weighted by molar-refractivity contribution is 0.563. The summed E-state index contributed by atoms with van der Waals surface area (Å²) < 4.78 is 5.13. The standard InChI is InChI=1S/C16H23N3O/c1-5-17-9-15-12(2)8-13(3)18-16(15)19(4)10-14-6-7-20-11-14/h6-8,11,17H,5,9-10H2,1-4H3. The van der Waals surface area contributed by atoms with E-state index in [-0.39, 0.29) is 0 Å². The van der Waals surface area contributed by atoms with E-state index < -0.39 is 0 Å². The van der Waals surface area contributed by atoms with Crippen LogP contribution in [0.1, 0.15) is 29.3 Å². The van der Waals surface area contributed by atoms with Crippen LogP contribution in [0.5, 0.6) is 0 Å². The number of aryl methyl sites for hydroxylation is 2. The molecule has 0 spiro atoms. The number of aromatic nitrogens is 1. The van der Waals surface area contributed by atoms with Gasteiger partial charge in [0.2, 0.25) is 0 Å². The summed E-state index contributed by atoms with van der Waals surface area (Å²) in [5.41, 5.74) is 4.76. The Kier molecular flexibility index (Phi) is 4.79. The number of anilines is 1. The van der Waals surface area contributed by atoms with Crippen LogP contribution in [0.15, 0.2) is 29.1 Å². The minimum atomic E-state index is 0.797. The molecule has 2 heterocycles. The zero-order valence-electron chi connectivity index (χ0n) is 12.7. The van der Waals surface area contributed by atoms with Gasteiger partial charge in [0.15, 0.2) is 0 Å². The smallest absolute Gasteiger partial charge is 0.133 e. The summed E-state index contributed by atoms with van der Waals surface area (Å²) in [6.45, 7) is 8.91. The predicted octanol–water partition coefficient (Wildman–Crippen LogP) is 3.04. The van der Waals surface area contributed by atoms with Gasteiger partial charge in [-0.05, 0) is 38.1 Å². The molecule has 0 bridgehead atoms. The van der Waals surface area contributed by atoms with Crippen molar-refractivity contribution in [3.05, 3.63) is 47.0 Å². The molecule has 0 aliphatic carbocycles. The van der Waals surface area contributed by atoms with Gasteiger partial charge in [0.25, 0.3) is 0 Å². The summed E-state index contributed by atoms with van der Waals surface area (Å²) in [4.78, 5) is 6.90. The van der Waals surface area contributed by atoms with Crippen molar-refractivity contribution >= 4 is 5.82 Å². The fourth-order valence-electron chi connectivity index (χ4n) is 2.36. The fourth-order valence-corrected chi connectivity index (χ4v) is 2.36. The minimum Gasteiger partial charge on any atom is -0.472 e. The van der Waals surface area contributed by atoms with Crippen LogP contribution in [0, 0.1) is 13.8 Å². The maximum absolute atomic E-state index is 5.13. The van der Waals surface area contributed by atoms with Crippen LogP contribution in [0.25, 0.3) is 0 Å². The molecule has 20 heavy (non-hydrogen) atoms. The number of pyridine rings is 1. The molecule has 0 unspecified atom stereocenters. The molecule has 1 N–H and O–H groups in total. The first-order chi connectivity index (χ1) is 9.61. The average Bonchev–Trinajstić information content (AvgIpc) is 2.89. The van der Waals surface area contributed by atoms with Crippen LogP contribution in [0.2, 0.25) is 0 Å². The average molecular weight is 273 g/mol. The third-order valence-corrected chi connectivity index (χ3v) is 3.37. The van der Waals surface area contributed by atoms with Crippen molar-refractivity contribution in [1.82, 2.24) is 10.3 Å². The van der Waals surface area contributed by atoms with E-state index in [9.17, 15) is 0 Å². The molecule has 0 fully saturated rings. The summed E-state index contributed by atoms with van der Waals surface area (Å²) >= 11 is 0. The number of furan rings is 1. The summed E-state index contributed by atoms with van der Waals surface area (Å²) in [5, 5.41) is 3.39. The van der Waals surface area contributed by atoms with Crippen LogP contribution >= 0.6 is 0 Å². The molecule has 0 saturated heterocycles. The highest BCUT2D eigenvalue weighted by atomic mass is 16.3. The van der Waals surface area contributed by atoms with E-state index in [0.717, 1.165) is 36.7 Å². The molecule has 108 valence electrons. The molecule has 0 aliphatic heterocycles. The number of nitrogens with zero attached hydrogens (tertiary/aromatic N) is 2. The number of rotatable bonds is 6. The van der Waals surface area contributed by atoms with Gasteiger partial charge in [0.05, 0.1) is 12.5 Å². The Labute approximate surface area is 120 Å². The Morgan fingerprint density at radius 1 is 1.35 bits per heavy atom. The summed E-state index contributed by atoms with van der Waals surface area (Å²) in [7, 11) is 2.07. The Morgan fingerprint density at radius 3 is 2.80 bits per heavy atom. The summed E-state index contributed by atoms with van der Waals surface area (Å²) in [6.07, 6.45) is 3.49. The molecule has 2 aromatic heterocycles. The van der Waals surface area contributed by atoms with Gasteiger partial charge in [-0.3, -0.25) is 0 Å². The highest BCUT2D eigenvalue weighted by Gasteiger charge is 2.13. The minimum absolute atomic E-state index is 0.797. The summed E-state index contributed by atoms with van der Waals surface area (Å²) in [6, 6.07) is 4.13. The van der Waals surface area contributed by atoms with Crippen LogP contribution in [-0.4, -0.2) is 18.6 Å². The molecule has 0 amide bonds. The molecule has 0 radical (unpaired) electrons.